The lowest BCUT2D eigenvalue weighted by Crippen LogP contribution is -2.27. The van der Waals surface area contributed by atoms with Crippen LogP contribution in [0.15, 0.2) is 23.1 Å². The van der Waals surface area contributed by atoms with Crippen molar-refractivity contribution in [3.05, 3.63) is 23.8 Å². The molecule has 0 amide bonds. The number of benzene rings is 1. The Morgan fingerprint density at radius 1 is 1.37 bits per heavy atom. The van der Waals surface area contributed by atoms with Crippen molar-refractivity contribution in [2.24, 2.45) is 5.92 Å². The quantitative estimate of drug-likeness (QED) is 0.734. The number of carboxylic acids is 1. The number of hydrogen-bond acceptors (Lipinski definition) is 4. The summed E-state index contributed by atoms with van der Waals surface area (Å²) in [5, 5.41) is 11.8. The summed E-state index contributed by atoms with van der Waals surface area (Å²) in [5.41, 5.74) is 0.297. The van der Waals surface area contributed by atoms with Gasteiger partial charge in [0.2, 0.25) is 10.0 Å². The van der Waals surface area contributed by atoms with Gasteiger partial charge in [0.15, 0.2) is 0 Å². The number of anilines is 1. The fourth-order valence-corrected chi connectivity index (χ4v) is 2.68. The third kappa shape index (κ3) is 3.93. The van der Waals surface area contributed by atoms with Crippen LogP contribution in [0, 0.1) is 5.92 Å². The number of hydrogen-bond donors (Lipinski definition) is 3. The Morgan fingerprint density at radius 2 is 2.00 bits per heavy atom. The van der Waals surface area contributed by atoms with Crippen LogP contribution in [0.3, 0.4) is 0 Å². The van der Waals surface area contributed by atoms with Crippen molar-refractivity contribution < 1.29 is 18.3 Å². The van der Waals surface area contributed by atoms with Crippen LogP contribution in [0.2, 0.25) is 0 Å². The second-order valence-corrected chi connectivity index (χ2v) is 6.28. The molecule has 0 saturated heterocycles. The Kier molecular flexibility index (Phi) is 4.90. The fourth-order valence-electron chi connectivity index (χ4n) is 1.45. The maximum absolute atomic E-state index is 12.0. The molecular formula is C12H18N2O4S. The van der Waals surface area contributed by atoms with Crippen LogP contribution in [-0.2, 0) is 10.0 Å². The molecule has 0 heterocycles. The fraction of sp³-hybridized carbons (Fsp3) is 0.417. The van der Waals surface area contributed by atoms with E-state index >= 15 is 0 Å². The van der Waals surface area contributed by atoms with Crippen molar-refractivity contribution in [1.82, 2.24) is 4.72 Å². The minimum atomic E-state index is -3.68. The normalized spacial score (nSPS) is 11.6. The Morgan fingerprint density at radius 3 is 2.47 bits per heavy atom. The minimum Gasteiger partial charge on any atom is -0.478 e. The first kappa shape index (κ1) is 15.5. The van der Waals surface area contributed by atoms with Gasteiger partial charge in [-0.25, -0.2) is 17.9 Å². The summed E-state index contributed by atoms with van der Waals surface area (Å²) in [6, 6.07) is 3.96. The Hall–Kier alpha value is -1.60. The number of carboxylic acid groups (broad SMARTS) is 1. The molecule has 0 fully saturated rings. The standard InChI is InChI=1S/C12H18N2O4S/c1-8(2)7-14-19(17,18)9-4-5-11(13-3)10(6-9)12(15)16/h4-6,8,13-14H,7H2,1-3H3,(H,15,16). The first-order valence-corrected chi connectivity index (χ1v) is 7.31. The lowest BCUT2D eigenvalue weighted by atomic mass is 10.2. The van der Waals surface area contributed by atoms with Crippen LogP contribution >= 0.6 is 0 Å². The highest BCUT2D eigenvalue weighted by Crippen LogP contribution is 2.20. The van der Waals surface area contributed by atoms with Crippen LogP contribution in [0.1, 0.15) is 24.2 Å². The topological polar surface area (TPSA) is 95.5 Å². The molecule has 0 spiro atoms. The molecular weight excluding hydrogens is 268 g/mol. The van der Waals surface area contributed by atoms with Gasteiger partial charge >= 0.3 is 5.97 Å². The van der Waals surface area contributed by atoms with Crippen molar-refractivity contribution in [1.29, 1.82) is 0 Å². The summed E-state index contributed by atoms with van der Waals surface area (Å²) in [7, 11) is -2.10. The smallest absolute Gasteiger partial charge is 0.337 e. The molecule has 0 aliphatic rings. The first-order chi connectivity index (χ1) is 8.77. The SMILES string of the molecule is CNc1ccc(S(=O)(=O)NCC(C)C)cc1C(=O)O. The Balaban J connectivity index is 3.14. The summed E-state index contributed by atoms with van der Waals surface area (Å²) in [5.74, 6) is -1.00. The van der Waals surface area contributed by atoms with Crippen LogP contribution in [0.25, 0.3) is 0 Å². The summed E-state index contributed by atoms with van der Waals surface area (Å²) in [4.78, 5) is 11.0. The van der Waals surface area contributed by atoms with Gasteiger partial charge in [0, 0.05) is 19.3 Å². The molecule has 19 heavy (non-hydrogen) atoms. The largest absolute Gasteiger partial charge is 0.478 e. The molecule has 0 aromatic heterocycles. The molecule has 6 nitrogen and oxygen atoms in total. The van der Waals surface area contributed by atoms with Gasteiger partial charge in [-0.2, -0.15) is 0 Å². The monoisotopic (exact) mass is 286 g/mol. The molecule has 0 aliphatic carbocycles. The summed E-state index contributed by atoms with van der Waals surface area (Å²) < 4.78 is 26.4. The van der Waals surface area contributed by atoms with Gasteiger partial charge in [-0.1, -0.05) is 13.8 Å². The maximum Gasteiger partial charge on any atom is 0.337 e. The van der Waals surface area contributed by atoms with E-state index < -0.39 is 16.0 Å². The van der Waals surface area contributed by atoms with E-state index in [-0.39, 0.29) is 16.4 Å². The van der Waals surface area contributed by atoms with E-state index in [4.69, 9.17) is 5.11 Å². The van der Waals surface area contributed by atoms with Gasteiger partial charge in [0.05, 0.1) is 10.5 Å². The van der Waals surface area contributed by atoms with Gasteiger partial charge in [-0.05, 0) is 24.1 Å². The molecule has 1 rings (SSSR count). The van der Waals surface area contributed by atoms with Crippen molar-refractivity contribution >= 4 is 21.7 Å². The number of nitrogens with one attached hydrogen (secondary N) is 2. The van der Waals surface area contributed by atoms with E-state index in [0.29, 0.717) is 12.2 Å². The van der Waals surface area contributed by atoms with Crippen LogP contribution in [-0.4, -0.2) is 33.1 Å². The second-order valence-electron chi connectivity index (χ2n) is 4.51. The van der Waals surface area contributed by atoms with Gasteiger partial charge in [-0.15, -0.1) is 0 Å². The minimum absolute atomic E-state index is 0.0513. The molecule has 0 atom stereocenters. The predicted molar refractivity (Wildman–Crippen MR) is 73.0 cm³/mol. The Labute approximate surface area is 112 Å². The number of rotatable bonds is 6. The third-order valence-corrected chi connectivity index (χ3v) is 3.90. The lowest BCUT2D eigenvalue weighted by molar-refractivity contribution is 0.0697. The van der Waals surface area contributed by atoms with Crippen molar-refractivity contribution in [3.63, 3.8) is 0 Å². The Bertz CT molecular complexity index is 567. The van der Waals surface area contributed by atoms with E-state index in [1.165, 1.54) is 12.1 Å². The van der Waals surface area contributed by atoms with E-state index in [2.05, 4.69) is 10.0 Å². The van der Waals surface area contributed by atoms with Crippen LogP contribution in [0.4, 0.5) is 5.69 Å². The number of sulfonamides is 1. The zero-order valence-electron chi connectivity index (χ0n) is 11.1. The van der Waals surface area contributed by atoms with Gasteiger partial charge in [0.1, 0.15) is 0 Å². The summed E-state index contributed by atoms with van der Waals surface area (Å²) in [6.07, 6.45) is 0. The molecule has 1 aromatic rings. The van der Waals surface area contributed by atoms with Crippen LogP contribution in [0.5, 0.6) is 0 Å². The molecule has 0 unspecified atom stereocenters. The summed E-state index contributed by atoms with van der Waals surface area (Å²) >= 11 is 0. The highest BCUT2D eigenvalue weighted by molar-refractivity contribution is 7.89. The molecule has 0 saturated carbocycles. The third-order valence-electron chi connectivity index (χ3n) is 2.48. The van der Waals surface area contributed by atoms with Crippen LogP contribution < -0.4 is 10.0 Å². The number of carbonyl (C=O) groups is 1. The lowest BCUT2D eigenvalue weighted by Gasteiger charge is -2.11. The zero-order chi connectivity index (χ0) is 14.6. The zero-order valence-corrected chi connectivity index (χ0v) is 11.9. The number of aromatic carboxylic acids is 1. The molecule has 1 aromatic carbocycles. The predicted octanol–water partition coefficient (Wildman–Crippen LogP) is 1.36. The van der Waals surface area contributed by atoms with E-state index in [0.717, 1.165) is 6.07 Å². The van der Waals surface area contributed by atoms with Gasteiger partial charge in [0.25, 0.3) is 0 Å². The molecule has 0 bridgehead atoms. The molecule has 3 N–H and O–H groups in total. The van der Waals surface area contributed by atoms with Gasteiger partial charge in [-0.3, -0.25) is 0 Å². The second kappa shape index (κ2) is 6.03. The first-order valence-electron chi connectivity index (χ1n) is 5.82. The molecule has 0 aliphatic heterocycles. The van der Waals surface area contributed by atoms with Crippen molar-refractivity contribution in [3.8, 4) is 0 Å². The molecule has 0 radical (unpaired) electrons. The maximum atomic E-state index is 12.0. The average Bonchev–Trinajstić information content (AvgIpc) is 2.35. The van der Waals surface area contributed by atoms with Crippen molar-refractivity contribution in [2.45, 2.75) is 18.7 Å². The van der Waals surface area contributed by atoms with Crippen molar-refractivity contribution in [2.75, 3.05) is 18.9 Å². The van der Waals surface area contributed by atoms with E-state index in [1.807, 2.05) is 13.8 Å². The molecule has 106 valence electrons. The molecule has 7 heteroatoms. The van der Waals surface area contributed by atoms with Gasteiger partial charge < -0.3 is 10.4 Å². The average molecular weight is 286 g/mol. The summed E-state index contributed by atoms with van der Waals surface area (Å²) in [6.45, 7) is 4.07. The van der Waals surface area contributed by atoms with E-state index in [1.54, 1.807) is 7.05 Å². The highest BCUT2D eigenvalue weighted by atomic mass is 32.2. The van der Waals surface area contributed by atoms with E-state index in [9.17, 15) is 13.2 Å². The highest BCUT2D eigenvalue weighted by Gasteiger charge is 2.18.